The highest BCUT2D eigenvalue weighted by atomic mass is 19.3. The van der Waals surface area contributed by atoms with Crippen LogP contribution >= 0.6 is 0 Å². The van der Waals surface area contributed by atoms with Crippen molar-refractivity contribution in [3.63, 3.8) is 0 Å². The van der Waals surface area contributed by atoms with Crippen molar-refractivity contribution in [1.82, 2.24) is 4.90 Å². The average Bonchev–Trinajstić information content (AvgIpc) is 2.45. The Morgan fingerprint density at radius 2 is 1.77 bits per heavy atom. The van der Waals surface area contributed by atoms with Crippen LogP contribution in [0.5, 0.6) is 5.75 Å². The monoisotopic (exact) mass is 315 g/mol. The van der Waals surface area contributed by atoms with Gasteiger partial charge in [-0.3, -0.25) is 9.59 Å². The first-order valence-electron chi connectivity index (χ1n) is 6.73. The molecule has 1 amide bonds. The third kappa shape index (κ3) is 5.67. The Labute approximate surface area is 127 Å². The molecule has 0 aliphatic rings. The Morgan fingerprint density at radius 3 is 2.23 bits per heavy atom. The van der Waals surface area contributed by atoms with Gasteiger partial charge >= 0.3 is 12.6 Å². The van der Waals surface area contributed by atoms with E-state index in [-0.39, 0.29) is 30.7 Å². The predicted octanol–water partition coefficient (Wildman–Crippen LogP) is 2.24. The highest BCUT2D eigenvalue weighted by molar-refractivity contribution is 5.83. The SMILES string of the molecule is COC(=O)CN(C(=O)Cc1ccc(OC(F)F)cc1)C(C)C. The summed E-state index contributed by atoms with van der Waals surface area (Å²) in [6, 6.07) is 5.65. The molecule has 1 aromatic carbocycles. The number of carbonyl (C=O) groups is 2. The van der Waals surface area contributed by atoms with Gasteiger partial charge in [0.15, 0.2) is 0 Å². The van der Waals surface area contributed by atoms with Crippen LogP contribution in [0.3, 0.4) is 0 Å². The number of benzene rings is 1. The van der Waals surface area contributed by atoms with E-state index in [1.54, 1.807) is 13.8 Å². The number of alkyl halides is 2. The molecule has 0 saturated carbocycles. The highest BCUT2D eigenvalue weighted by Gasteiger charge is 2.20. The van der Waals surface area contributed by atoms with Gasteiger partial charge < -0.3 is 14.4 Å². The maximum atomic E-state index is 12.2. The summed E-state index contributed by atoms with van der Waals surface area (Å²) in [4.78, 5) is 25.0. The van der Waals surface area contributed by atoms with E-state index in [9.17, 15) is 18.4 Å². The van der Waals surface area contributed by atoms with Gasteiger partial charge in [-0.05, 0) is 31.5 Å². The van der Waals surface area contributed by atoms with E-state index in [0.717, 1.165) is 0 Å². The van der Waals surface area contributed by atoms with E-state index in [2.05, 4.69) is 9.47 Å². The van der Waals surface area contributed by atoms with Crippen molar-refractivity contribution in [1.29, 1.82) is 0 Å². The molecule has 0 unspecified atom stereocenters. The standard InChI is InChI=1S/C15H19F2NO4/c1-10(2)18(9-14(20)21-3)13(19)8-11-4-6-12(7-5-11)22-15(16)17/h4-7,10,15H,8-9H2,1-3H3. The number of rotatable bonds is 7. The van der Waals surface area contributed by atoms with Crippen molar-refractivity contribution >= 4 is 11.9 Å². The predicted molar refractivity (Wildman–Crippen MR) is 75.6 cm³/mol. The van der Waals surface area contributed by atoms with E-state index in [1.165, 1.54) is 36.3 Å². The van der Waals surface area contributed by atoms with Crippen molar-refractivity contribution in [3.05, 3.63) is 29.8 Å². The first-order chi connectivity index (χ1) is 10.3. The summed E-state index contributed by atoms with van der Waals surface area (Å²) >= 11 is 0. The molecular formula is C15H19F2NO4. The van der Waals surface area contributed by atoms with Crippen LogP contribution < -0.4 is 4.74 Å². The molecule has 0 saturated heterocycles. The summed E-state index contributed by atoms with van der Waals surface area (Å²) < 4.78 is 32.9. The Kier molecular flexibility index (Phi) is 6.75. The average molecular weight is 315 g/mol. The van der Waals surface area contributed by atoms with E-state index in [0.29, 0.717) is 5.56 Å². The highest BCUT2D eigenvalue weighted by Crippen LogP contribution is 2.16. The largest absolute Gasteiger partial charge is 0.468 e. The van der Waals surface area contributed by atoms with Gasteiger partial charge in [0, 0.05) is 6.04 Å². The number of methoxy groups -OCH3 is 1. The number of halogens is 2. The van der Waals surface area contributed by atoms with Crippen LogP contribution in [0.4, 0.5) is 8.78 Å². The lowest BCUT2D eigenvalue weighted by Gasteiger charge is -2.25. The van der Waals surface area contributed by atoms with Gasteiger partial charge in [-0.1, -0.05) is 12.1 Å². The van der Waals surface area contributed by atoms with Gasteiger partial charge in [0.05, 0.1) is 13.5 Å². The molecule has 122 valence electrons. The second-order valence-corrected chi connectivity index (χ2v) is 4.89. The molecule has 0 aromatic heterocycles. The third-order valence-electron chi connectivity index (χ3n) is 2.97. The lowest BCUT2D eigenvalue weighted by atomic mass is 10.1. The summed E-state index contributed by atoms with van der Waals surface area (Å²) in [7, 11) is 1.26. The lowest BCUT2D eigenvalue weighted by molar-refractivity contribution is -0.148. The molecule has 0 spiro atoms. The fourth-order valence-electron chi connectivity index (χ4n) is 1.83. The zero-order valence-corrected chi connectivity index (χ0v) is 12.7. The Hall–Kier alpha value is -2.18. The summed E-state index contributed by atoms with van der Waals surface area (Å²) in [5.74, 6) is -0.716. The number of carbonyl (C=O) groups excluding carboxylic acids is 2. The number of hydrogen-bond acceptors (Lipinski definition) is 4. The van der Waals surface area contributed by atoms with E-state index in [4.69, 9.17) is 0 Å². The summed E-state index contributed by atoms with van der Waals surface area (Å²) in [5.41, 5.74) is 0.641. The number of ether oxygens (including phenoxy) is 2. The molecule has 0 bridgehead atoms. The van der Waals surface area contributed by atoms with Crippen LogP contribution in [0.1, 0.15) is 19.4 Å². The number of amides is 1. The van der Waals surface area contributed by atoms with Gasteiger partial charge in [0.2, 0.25) is 5.91 Å². The molecule has 0 atom stereocenters. The van der Waals surface area contributed by atoms with Crippen molar-refractivity contribution < 1.29 is 27.8 Å². The minimum absolute atomic E-state index is 0.0291. The van der Waals surface area contributed by atoms with Crippen LogP contribution in [0.25, 0.3) is 0 Å². The van der Waals surface area contributed by atoms with E-state index < -0.39 is 12.6 Å². The second kappa shape index (κ2) is 8.31. The molecule has 0 N–H and O–H groups in total. The fourth-order valence-corrected chi connectivity index (χ4v) is 1.83. The normalized spacial score (nSPS) is 10.7. The minimum Gasteiger partial charge on any atom is -0.468 e. The van der Waals surface area contributed by atoms with Crippen molar-refractivity contribution in [3.8, 4) is 5.75 Å². The maximum Gasteiger partial charge on any atom is 0.387 e. The first-order valence-corrected chi connectivity index (χ1v) is 6.73. The van der Waals surface area contributed by atoms with Gasteiger partial charge in [0.25, 0.3) is 0 Å². The van der Waals surface area contributed by atoms with Gasteiger partial charge in [-0.25, -0.2) is 0 Å². The molecule has 1 aromatic rings. The fraction of sp³-hybridized carbons (Fsp3) is 0.467. The van der Waals surface area contributed by atoms with Crippen LogP contribution in [-0.4, -0.2) is 43.1 Å². The zero-order chi connectivity index (χ0) is 16.7. The lowest BCUT2D eigenvalue weighted by Crippen LogP contribution is -2.41. The topological polar surface area (TPSA) is 55.8 Å². The molecule has 0 aliphatic carbocycles. The van der Waals surface area contributed by atoms with Crippen molar-refractivity contribution in [2.24, 2.45) is 0 Å². The maximum absolute atomic E-state index is 12.2. The van der Waals surface area contributed by atoms with Crippen molar-refractivity contribution in [2.75, 3.05) is 13.7 Å². The Balaban J connectivity index is 2.70. The quantitative estimate of drug-likeness (QED) is 0.724. The molecule has 7 heteroatoms. The van der Waals surface area contributed by atoms with Crippen LogP contribution in [-0.2, 0) is 20.7 Å². The second-order valence-electron chi connectivity index (χ2n) is 4.89. The number of hydrogen-bond donors (Lipinski definition) is 0. The van der Waals surface area contributed by atoms with Gasteiger partial charge in [0.1, 0.15) is 12.3 Å². The van der Waals surface area contributed by atoms with E-state index in [1.807, 2.05) is 0 Å². The molecule has 0 fully saturated rings. The van der Waals surface area contributed by atoms with Crippen molar-refractivity contribution in [2.45, 2.75) is 32.9 Å². The molecule has 1 rings (SSSR count). The molecule has 22 heavy (non-hydrogen) atoms. The summed E-state index contributed by atoms with van der Waals surface area (Å²) in [6.45, 7) is 0.574. The summed E-state index contributed by atoms with van der Waals surface area (Å²) in [5, 5.41) is 0. The Bertz CT molecular complexity index is 503. The summed E-state index contributed by atoms with van der Waals surface area (Å²) in [6.07, 6.45) is 0.0597. The van der Waals surface area contributed by atoms with Gasteiger partial charge in [-0.2, -0.15) is 8.78 Å². The molecule has 0 aliphatic heterocycles. The van der Waals surface area contributed by atoms with Crippen LogP contribution in [0, 0.1) is 0 Å². The van der Waals surface area contributed by atoms with Crippen LogP contribution in [0.2, 0.25) is 0 Å². The number of nitrogens with zero attached hydrogens (tertiary/aromatic N) is 1. The third-order valence-corrected chi connectivity index (χ3v) is 2.97. The first kappa shape index (κ1) is 17.9. The zero-order valence-electron chi connectivity index (χ0n) is 12.7. The Morgan fingerprint density at radius 1 is 1.18 bits per heavy atom. The van der Waals surface area contributed by atoms with Gasteiger partial charge in [-0.15, -0.1) is 0 Å². The molecule has 5 nitrogen and oxygen atoms in total. The molecular weight excluding hydrogens is 296 g/mol. The number of esters is 1. The molecule has 0 heterocycles. The molecule has 0 radical (unpaired) electrons. The minimum atomic E-state index is -2.89. The van der Waals surface area contributed by atoms with E-state index >= 15 is 0 Å². The van der Waals surface area contributed by atoms with Crippen LogP contribution in [0.15, 0.2) is 24.3 Å². The smallest absolute Gasteiger partial charge is 0.387 e.